The topological polar surface area (TPSA) is 34.1 Å². The Morgan fingerprint density at radius 3 is 1.11 bits per heavy atom. The molecule has 0 spiro atoms. The summed E-state index contributed by atoms with van der Waals surface area (Å²) in [7, 11) is 0. The number of ketones is 1. The van der Waals surface area contributed by atoms with Crippen molar-refractivity contribution in [1.82, 2.24) is 0 Å². The molecule has 9 heavy (non-hydrogen) atoms. The van der Waals surface area contributed by atoms with Gasteiger partial charge in [0.15, 0.2) is 0 Å². The molecule has 0 heterocycles. The van der Waals surface area contributed by atoms with Gasteiger partial charge in [0.1, 0.15) is 5.78 Å². The van der Waals surface area contributed by atoms with Crippen molar-refractivity contribution in [2.45, 2.75) is 20.8 Å². The Hall–Kier alpha value is 0.504. The standard InChI is InChI=1S/C3H6O.C2H3FO.Tm/c1-3(2)4;1-2(3)4;/h1-2H3;1H3;. The van der Waals surface area contributed by atoms with Gasteiger partial charge in [-0.1, -0.05) is 0 Å². The summed E-state index contributed by atoms with van der Waals surface area (Å²) in [6.45, 7) is 3.92. The number of Topliss-reactive ketones (excluding diaryl/α,β-unsaturated/α-hetero) is 1. The average Bonchev–Trinajstić information content (AvgIpc) is 1.25. The van der Waals surface area contributed by atoms with Crippen LogP contribution in [0.1, 0.15) is 20.8 Å². The molecular formula is C5H9FO2Tm. The molecule has 0 aliphatic carbocycles. The van der Waals surface area contributed by atoms with Crippen LogP contribution in [0.25, 0.3) is 0 Å². The van der Waals surface area contributed by atoms with Crippen LogP contribution in [0.5, 0.6) is 0 Å². The first kappa shape index (κ1) is 16.2. The van der Waals surface area contributed by atoms with Gasteiger partial charge in [0.25, 0.3) is 6.04 Å². The minimum absolute atomic E-state index is 0. The Kier molecular flexibility index (Phi) is 20.4. The molecule has 4 heteroatoms. The van der Waals surface area contributed by atoms with E-state index in [0.29, 0.717) is 0 Å². The van der Waals surface area contributed by atoms with Crippen molar-refractivity contribution >= 4 is 11.8 Å². The van der Waals surface area contributed by atoms with Crippen LogP contribution in [-0.4, -0.2) is 11.8 Å². The third kappa shape index (κ3) is 1420. The van der Waals surface area contributed by atoms with Gasteiger partial charge in [0.2, 0.25) is 0 Å². The smallest absolute Gasteiger partial charge is 0.298 e. The Labute approximate surface area is 83.0 Å². The van der Waals surface area contributed by atoms with E-state index in [1.807, 2.05) is 0 Å². The molecular weight excluding hydrogens is 280 g/mol. The van der Waals surface area contributed by atoms with Gasteiger partial charge >= 0.3 is 0 Å². The maximum absolute atomic E-state index is 10.4. The second kappa shape index (κ2) is 11.3. The summed E-state index contributed by atoms with van der Waals surface area (Å²) < 4.78 is 10.4. The van der Waals surface area contributed by atoms with Crippen molar-refractivity contribution in [3.05, 3.63) is 0 Å². The van der Waals surface area contributed by atoms with Crippen LogP contribution in [0.3, 0.4) is 0 Å². The van der Waals surface area contributed by atoms with Gasteiger partial charge in [-0.2, -0.15) is 4.39 Å². The van der Waals surface area contributed by atoms with Gasteiger partial charge in [0.05, 0.1) is 0 Å². The van der Waals surface area contributed by atoms with Gasteiger partial charge in [-0.05, 0) is 13.8 Å². The van der Waals surface area contributed by atoms with Gasteiger partial charge < -0.3 is 4.79 Å². The summed E-state index contributed by atoms with van der Waals surface area (Å²) in [5, 5.41) is 0. The molecule has 0 N–H and O–H groups in total. The van der Waals surface area contributed by atoms with Crippen molar-refractivity contribution in [1.29, 1.82) is 0 Å². The fourth-order valence-corrected chi connectivity index (χ4v) is 0. The molecule has 61 valence electrons. The molecule has 0 saturated carbocycles. The van der Waals surface area contributed by atoms with Crippen LogP contribution in [0.15, 0.2) is 0 Å². The van der Waals surface area contributed by atoms with Crippen molar-refractivity contribution in [3.63, 3.8) is 0 Å². The number of rotatable bonds is 0. The molecule has 0 fully saturated rings. The molecule has 0 aromatic heterocycles. The molecule has 0 aromatic rings. The van der Waals surface area contributed by atoms with E-state index in [4.69, 9.17) is 4.79 Å². The van der Waals surface area contributed by atoms with E-state index in [-0.39, 0.29) is 42.7 Å². The number of carbonyl (C=O) groups excluding carboxylic acids is 2. The average molecular weight is 289 g/mol. The van der Waals surface area contributed by atoms with E-state index in [2.05, 4.69) is 0 Å². The number of hydrogen-bond acceptors (Lipinski definition) is 2. The normalized spacial score (nSPS) is 5.78. The number of hydrogen-bond donors (Lipinski definition) is 0. The van der Waals surface area contributed by atoms with E-state index in [1.165, 1.54) is 13.8 Å². The Bertz CT molecular complexity index is 73.0. The van der Waals surface area contributed by atoms with Crippen LogP contribution in [0.2, 0.25) is 0 Å². The zero-order valence-corrected chi connectivity index (χ0v) is 7.25. The van der Waals surface area contributed by atoms with E-state index >= 15 is 0 Å². The van der Waals surface area contributed by atoms with Crippen LogP contribution in [0, 0.1) is 36.9 Å². The Balaban J connectivity index is -0.0000000720. The molecule has 0 aliphatic rings. The zero-order valence-electron chi connectivity index (χ0n) is 5.47. The second-order valence-electron chi connectivity index (χ2n) is 1.38. The molecule has 0 bridgehead atoms. The minimum atomic E-state index is -1.33. The van der Waals surface area contributed by atoms with E-state index in [0.717, 1.165) is 6.92 Å². The van der Waals surface area contributed by atoms with Crippen molar-refractivity contribution in [2.24, 2.45) is 0 Å². The molecule has 0 rings (SSSR count). The van der Waals surface area contributed by atoms with Crippen LogP contribution >= 0.6 is 0 Å². The third-order valence-electron chi connectivity index (χ3n) is 0. The van der Waals surface area contributed by atoms with Gasteiger partial charge in [-0.15, -0.1) is 0 Å². The van der Waals surface area contributed by atoms with Crippen molar-refractivity contribution < 1.29 is 50.9 Å². The van der Waals surface area contributed by atoms with E-state index < -0.39 is 6.04 Å². The molecule has 0 unspecified atom stereocenters. The third-order valence-corrected chi connectivity index (χ3v) is 0. The van der Waals surface area contributed by atoms with Crippen LogP contribution in [-0.2, 0) is 9.59 Å². The monoisotopic (exact) mass is 289 g/mol. The van der Waals surface area contributed by atoms with Gasteiger partial charge in [-0.25, -0.2) is 0 Å². The first-order valence-electron chi connectivity index (χ1n) is 2.10. The predicted octanol–water partition coefficient (Wildman–Crippen LogP) is 1.10. The zero-order chi connectivity index (χ0) is 7.15. The molecule has 0 aromatic carbocycles. The predicted molar refractivity (Wildman–Crippen MR) is 28.1 cm³/mol. The fraction of sp³-hybridized carbons (Fsp3) is 0.600. The summed E-state index contributed by atoms with van der Waals surface area (Å²) in [6, 6.07) is -1.33. The number of halogens is 1. The van der Waals surface area contributed by atoms with Gasteiger partial charge in [0, 0.05) is 43.8 Å². The molecule has 2 nitrogen and oxygen atoms in total. The van der Waals surface area contributed by atoms with E-state index in [9.17, 15) is 9.18 Å². The molecule has 0 amide bonds. The maximum atomic E-state index is 10.4. The number of carbonyl (C=O) groups is 2. The first-order valence-corrected chi connectivity index (χ1v) is 2.10. The summed E-state index contributed by atoms with van der Waals surface area (Å²) in [6.07, 6.45) is 0. The first-order chi connectivity index (χ1) is 3.46. The fourth-order valence-electron chi connectivity index (χ4n) is 0. The summed E-state index contributed by atoms with van der Waals surface area (Å²) in [5.41, 5.74) is 0. The Morgan fingerprint density at radius 2 is 1.11 bits per heavy atom. The van der Waals surface area contributed by atoms with Crippen LogP contribution < -0.4 is 0 Å². The quantitative estimate of drug-likeness (QED) is 0.626. The Morgan fingerprint density at radius 1 is 1.11 bits per heavy atom. The minimum Gasteiger partial charge on any atom is -0.300 e. The molecule has 0 saturated heterocycles. The second-order valence-corrected chi connectivity index (χ2v) is 1.38. The summed E-state index contributed by atoms with van der Waals surface area (Å²) >= 11 is 0. The summed E-state index contributed by atoms with van der Waals surface area (Å²) in [5.74, 6) is 0.167. The van der Waals surface area contributed by atoms with Crippen LogP contribution in [0.4, 0.5) is 4.39 Å². The van der Waals surface area contributed by atoms with Crippen molar-refractivity contribution in [2.75, 3.05) is 0 Å². The summed E-state index contributed by atoms with van der Waals surface area (Å²) in [4.78, 5) is 18.2. The largest absolute Gasteiger partial charge is 0.300 e. The van der Waals surface area contributed by atoms with E-state index in [1.54, 1.807) is 0 Å². The maximum Gasteiger partial charge on any atom is 0.298 e. The van der Waals surface area contributed by atoms with Crippen molar-refractivity contribution in [3.8, 4) is 0 Å². The molecule has 1 radical (unpaired) electrons. The SMILES string of the molecule is CC(=O)F.CC(C)=O.[Tm]. The van der Waals surface area contributed by atoms with Gasteiger partial charge in [-0.3, -0.25) is 4.79 Å². The molecule has 0 atom stereocenters. The molecule has 0 aliphatic heterocycles.